The Balaban J connectivity index is 0.00000108. The van der Waals surface area contributed by atoms with Gasteiger partial charge in [-0.25, -0.2) is 8.42 Å². The highest BCUT2D eigenvalue weighted by atomic mass is 32.2. The van der Waals surface area contributed by atoms with Crippen molar-refractivity contribution in [1.82, 2.24) is 5.32 Å². The molecule has 2 N–H and O–H groups in total. The molecule has 1 aromatic carbocycles. The van der Waals surface area contributed by atoms with E-state index < -0.39 is 10.1 Å². The van der Waals surface area contributed by atoms with Gasteiger partial charge >= 0.3 is 0 Å². The zero-order valence-electron chi connectivity index (χ0n) is 14.1. The minimum absolute atomic E-state index is 0.200. The first-order valence-electron chi connectivity index (χ1n) is 7.42. The highest BCUT2D eigenvalue weighted by Crippen LogP contribution is 2.09. The van der Waals surface area contributed by atoms with Crippen LogP contribution in [0.1, 0.15) is 25.3 Å². The summed E-state index contributed by atoms with van der Waals surface area (Å²) < 4.78 is 32.2. The van der Waals surface area contributed by atoms with Crippen LogP contribution in [0.2, 0.25) is 0 Å². The Morgan fingerprint density at radius 1 is 1.22 bits per heavy atom. The monoisotopic (exact) mass is 342 g/mol. The fraction of sp³-hybridized carbons (Fsp3) is 0.438. The van der Waals surface area contributed by atoms with Crippen molar-refractivity contribution in [3.63, 3.8) is 0 Å². The highest BCUT2D eigenvalue weighted by molar-refractivity contribution is 7.85. The largest absolute Gasteiger partial charge is 0.744 e. The van der Waals surface area contributed by atoms with Crippen LogP contribution in [0, 0.1) is 0 Å². The summed E-state index contributed by atoms with van der Waals surface area (Å²) in [4.78, 5) is 12.5. The zero-order valence-corrected chi connectivity index (χ0v) is 14.9. The van der Waals surface area contributed by atoms with Crippen LogP contribution in [0.25, 0.3) is 0 Å². The van der Waals surface area contributed by atoms with E-state index in [4.69, 9.17) is 0 Å². The molecule has 0 aliphatic rings. The SMILES string of the molecule is CCCC=CC(=O)NCc1ccc(S(=O)(=O)[O-])cc1.C[NH+](C)C. The van der Waals surface area contributed by atoms with Gasteiger partial charge in [-0.2, -0.15) is 0 Å². The van der Waals surface area contributed by atoms with Crippen molar-refractivity contribution in [2.75, 3.05) is 21.1 Å². The van der Waals surface area contributed by atoms with Gasteiger partial charge in [0.15, 0.2) is 0 Å². The molecular weight excluding hydrogens is 316 g/mol. The van der Waals surface area contributed by atoms with Gasteiger partial charge in [0.2, 0.25) is 5.91 Å². The maximum atomic E-state index is 11.4. The molecule has 0 radical (unpaired) electrons. The number of rotatable bonds is 6. The van der Waals surface area contributed by atoms with E-state index in [9.17, 15) is 17.8 Å². The molecular formula is C16H26N2O4S. The molecule has 7 heteroatoms. The van der Waals surface area contributed by atoms with Crippen molar-refractivity contribution >= 4 is 16.0 Å². The molecule has 0 saturated heterocycles. The number of nitrogens with one attached hydrogen (secondary N) is 2. The molecule has 0 aliphatic carbocycles. The van der Waals surface area contributed by atoms with E-state index in [0.29, 0.717) is 0 Å². The number of unbranched alkanes of at least 4 members (excludes halogenated alkanes) is 1. The van der Waals surface area contributed by atoms with E-state index in [1.165, 1.54) is 35.2 Å². The van der Waals surface area contributed by atoms with E-state index in [-0.39, 0.29) is 17.3 Å². The average Bonchev–Trinajstić information content (AvgIpc) is 2.44. The van der Waals surface area contributed by atoms with E-state index in [1.807, 2.05) is 6.92 Å². The molecule has 0 atom stereocenters. The van der Waals surface area contributed by atoms with Gasteiger partial charge in [0.1, 0.15) is 10.1 Å². The Kier molecular flexibility index (Phi) is 10.1. The Hall–Kier alpha value is -1.70. The minimum atomic E-state index is -4.41. The number of benzene rings is 1. The standard InChI is InChI=1S/C13H17NO4S.C3H9N/c1-2-3-4-5-13(15)14-10-11-6-8-12(9-7-11)19(16,17)18;1-4(2)3/h4-9H,2-3,10H2,1H3,(H,14,15)(H,16,17,18);1-3H3. The normalized spacial score (nSPS) is 11.2. The number of hydrogen-bond donors (Lipinski definition) is 2. The predicted molar refractivity (Wildman–Crippen MR) is 89.0 cm³/mol. The number of amides is 1. The van der Waals surface area contributed by atoms with Crippen molar-refractivity contribution < 1.29 is 22.7 Å². The summed E-state index contributed by atoms with van der Waals surface area (Å²) in [6.07, 6.45) is 5.10. The third-order valence-electron chi connectivity index (χ3n) is 2.40. The zero-order chi connectivity index (χ0) is 17.9. The van der Waals surface area contributed by atoms with Gasteiger partial charge in [0.25, 0.3) is 0 Å². The molecule has 0 fully saturated rings. The summed E-state index contributed by atoms with van der Waals surface area (Å²) in [5.41, 5.74) is 0.727. The van der Waals surface area contributed by atoms with Gasteiger partial charge in [-0.3, -0.25) is 4.79 Å². The molecule has 6 nitrogen and oxygen atoms in total. The van der Waals surface area contributed by atoms with E-state index in [1.54, 1.807) is 6.08 Å². The van der Waals surface area contributed by atoms with Gasteiger partial charge in [-0.05, 0) is 30.2 Å². The second-order valence-corrected chi connectivity index (χ2v) is 6.89. The second-order valence-electron chi connectivity index (χ2n) is 5.51. The van der Waals surface area contributed by atoms with Crippen molar-refractivity contribution in [3.05, 3.63) is 42.0 Å². The van der Waals surface area contributed by atoms with Gasteiger partial charge in [-0.15, -0.1) is 0 Å². The maximum Gasteiger partial charge on any atom is 0.243 e. The Morgan fingerprint density at radius 2 is 1.74 bits per heavy atom. The molecule has 130 valence electrons. The first-order valence-corrected chi connectivity index (χ1v) is 8.83. The molecule has 1 aromatic rings. The van der Waals surface area contributed by atoms with E-state index in [2.05, 4.69) is 26.5 Å². The first kappa shape index (κ1) is 21.3. The van der Waals surface area contributed by atoms with Crippen LogP contribution in [0.3, 0.4) is 0 Å². The Labute approximate surface area is 138 Å². The van der Waals surface area contributed by atoms with Crippen LogP contribution in [0.4, 0.5) is 0 Å². The smallest absolute Gasteiger partial charge is 0.243 e. The van der Waals surface area contributed by atoms with Crippen molar-refractivity contribution in [2.45, 2.75) is 31.2 Å². The summed E-state index contributed by atoms with van der Waals surface area (Å²) in [6, 6.07) is 5.47. The third-order valence-corrected chi connectivity index (χ3v) is 3.25. The first-order chi connectivity index (χ1) is 10.7. The molecule has 1 rings (SSSR count). The molecule has 1 amide bonds. The number of quaternary nitrogens is 1. The predicted octanol–water partition coefficient (Wildman–Crippen LogP) is 0.324. The Bertz CT molecular complexity index is 590. The molecule has 0 spiro atoms. The van der Waals surface area contributed by atoms with Crippen LogP contribution in [0.5, 0.6) is 0 Å². The summed E-state index contributed by atoms with van der Waals surface area (Å²) in [7, 11) is 1.84. The lowest BCUT2D eigenvalue weighted by atomic mass is 10.2. The lowest BCUT2D eigenvalue weighted by Crippen LogP contribution is -3.02. The number of allylic oxidation sites excluding steroid dienone is 1. The molecule has 0 bridgehead atoms. The summed E-state index contributed by atoms with van der Waals surface area (Å²) >= 11 is 0. The maximum absolute atomic E-state index is 11.4. The summed E-state index contributed by atoms with van der Waals surface area (Å²) in [5, 5.41) is 2.66. The van der Waals surface area contributed by atoms with Crippen molar-refractivity contribution in [2.24, 2.45) is 0 Å². The number of hydrogen-bond acceptors (Lipinski definition) is 4. The molecule has 0 aromatic heterocycles. The lowest BCUT2D eigenvalue weighted by molar-refractivity contribution is -0.836. The third kappa shape index (κ3) is 11.5. The van der Waals surface area contributed by atoms with Crippen molar-refractivity contribution in [1.29, 1.82) is 0 Å². The fourth-order valence-corrected chi connectivity index (χ4v) is 1.85. The van der Waals surface area contributed by atoms with Crippen LogP contribution in [-0.2, 0) is 21.5 Å². The lowest BCUT2D eigenvalue weighted by Gasteiger charge is -2.08. The van der Waals surface area contributed by atoms with Crippen LogP contribution in [-0.4, -0.2) is 40.0 Å². The quantitative estimate of drug-likeness (QED) is 0.575. The highest BCUT2D eigenvalue weighted by Gasteiger charge is 2.01. The Morgan fingerprint density at radius 3 is 2.17 bits per heavy atom. The second kappa shape index (κ2) is 10.9. The molecule has 0 aliphatic heterocycles. The number of carbonyl (C=O) groups excluding carboxylic acids is 1. The van der Waals surface area contributed by atoms with E-state index in [0.717, 1.165) is 18.4 Å². The van der Waals surface area contributed by atoms with Crippen LogP contribution in [0.15, 0.2) is 41.3 Å². The van der Waals surface area contributed by atoms with E-state index >= 15 is 0 Å². The summed E-state index contributed by atoms with van der Waals surface area (Å²) in [5.74, 6) is -0.200. The molecule has 0 unspecified atom stereocenters. The van der Waals surface area contributed by atoms with Crippen LogP contribution >= 0.6 is 0 Å². The van der Waals surface area contributed by atoms with Crippen LogP contribution < -0.4 is 10.2 Å². The molecule has 23 heavy (non-hydrogen) atoms. The average molecular weight is 342 g/mol. The van der Waals surface area contributed by atoms with Gasteiger partial charge in [0, 0.05) is 6.54 Å². The molecule has 0 saturated carbocycles. The van der Waals surface area contributed by atoms with Crippen molar-refractivity contribution in [3.8, 4) is 0 Å². The van der Waals surface area contributed by atoms with Gasteiger partial charge < -0.3 is 14.8 Å². The summed E-state index contributed by atoms with van der Waals surface area (Å²) in [6.45, 7) is 2.31. The van der Waals surface area contributed by atoms with Gasteiger partial charge in [0.05, 0.1) is 26.0 Å². The molecule has 0 heterocycles. The number of carbonyl (C=O) groups is 1. The van der Waals surface area contributed by atoms with Gasteiger partial charge in [-0.1, -0.05) is 31.6 Å². The topological polar surface area (TPSA) is 90.7 Å². The fourth-order valence-electron chi connectivity index (χ4n) is 1.38. The minimum Gasteiger partial charge on any atom is -0.744 e.